The van der Waals surface area contributed by atoms with Crippen molar-refractivity contribution < 1.29 is 15.0 Å². The van der Waals surface area contributed by atoms with Crippen molar-refractivity contribution >= 4 is 17.6 Å². The van der Waals surface area contributed by atoms with E-state index in [1.807, 2.05) is 0 Å². The van der Waals surface area contributed by atoms with E-state index in [9.17, 15) is 9.90 Å². The van der Waals surface area contributed by atoms with Gasteiger partial charge in [0.1, 0.15) is 6.10 Å². The quantitative estimate of drug-likeness (QED) is 0.712. The third-order valence-corrected chi connectivity index (χ3v) is 1.66. The number of aliphatic hydroxyl groups is 1. The lowest BCUT2D eigenvalue weighted by molar-refractivity contribution is -0.315. The van der Waals surface area contributed by atoms with E-state index in [2.05, 4.69) is 0 Å². The van der Waals surface area contributed by atoms with Crippen LogP contribution >= 0.6 is 11.6 Å². The van der Waals surface area contributed by atoms with Gasteiger partial charge in [0.15, 0.2) is 0 Å². The summed E-state index contributed by atoms with van der Waals surface area (Å²) in [6.07, 6.45) is -1.58. The molecule has 0 saturated carbocycles. The molecule has 0 aliphatic carbocycles. The number of halogens is 1. The van der Waals surface area contributed by atoms with Gasteiger partial charge in [-0.25, -0.2) is 0 Å². The molecule has 4 heteroatoms. The molecule has 1 aromatic rings. The van der Waals surface area contributed by atoms with Gasteiger partial charge < -0.3 is 15.0 Å². The Morgan fingerprint density at radius 3 is 2.33 bits per heavy atom. The molecule has 0 bridgehead atoms. The van der Waals surface area contributed by atoms with Crippen molar-refractivity contribution in [3.8, 4) is 0 Å². The molecule has 12 heavy (non-hydrogen) atoms. The Kier molecular flexibility index (Phi) is 2.68. The Bertz CT molecular complexity index is 281. The number of rotatable bonds is 2. The van der Waals surface area contributed by atoms with Crippen molar-refractivity contribution in [1.82, 2.24) is 0 Å². The van der Waals surface area contributed by atoms with Crippen molar-refractivity contribution in [2.75, 3.05) is 0 Å². The average Bonchev–Trinajstić information content (AvgIpc) is 2.04. The molecule has 0 spiro atoms. The van der Waals surface area contributed by atoms with E-state index in [4.69, 9.17) is 16.7 Å². The highest BCUT2D eigenvalue weighted by Gasteiger charge is 2.06. The van der Waals surface area contributed by atoms with Crippen molar-refractivity contribution in [3.05, 3.63) is 34.9 Å². The maximum atomic E-state index is 10.2. The minimum absolute atomic E-state index is 0.263. The highest BCUT2D eigenvalue weighted by molar-refractivity contribution is 6.30. The monoisotopic (exact) mass is 185 g/mol. The van der Waals surface area contributed by atoms with E-state index in [-0.39, 0.29) is 5.56 Å². The van der Waals surface area contributed by atoms with Gasteiger partial charge in [0.25, 0.3) is 0 Å². The first-order chi connectivity index (χ1) is 5.61. The molecule has 0 fully saturated rings. The van der Waals surface area contributed by atoms with Gasteiger partial charge in [0, 0.05) is 5.02 Å². The minimum Gasteiger partial charge on any atom is -0.547 e. The lowest BCUT2D eigenvalue weighted by Crippen LogP contribution is -2.29. The maximum absolute atomic E-state index is 10.2. The number of aliphatic carboxylic acids is 1. The van der Waals surface area contributed by atoms with E-state index >= 15 is 0 Å². The molecule has 64 valence electrons. The average molecular weight is 186 g/mol. The second-order valence-electron chi connectivity index (χ2n) is 2.27. The Hall–Kier alpha value is -1.06. The van der Waals surface area contributed by atoms with Crippen LogP contribution in [0.1, 0.15) is 11.7 Å². The van der Waals surface area contributed by atoms with E-state index in [1.54, 1.807) is 0 Å². The SMILES string of the molecule is O=C([O-])[C@@H](O)c1ccc(Cl)cc1. The molecule has 0 saturated heterocycles. The summed E-state index contributed by atoms with van der Waals surface area (Å²) in [5.41, 5.74) is 0.263. The van der Waals surface area contributed by atoms with Crippen LogP contribution in [-0.4, -0.2) is 11.1 Å². The van der Waals surface area contributed by atoms with Gasteiger partial charge in [-0.1, -0.05) is 23.7 Å². The number of carboxylic acids is 1. The van der Waals surface area contributed by atoms with Crippen molar-refractivity contribution in [2.24, 2.45) is 0 Å². The van der Waals surface area contributed by atoms with Crippen LogP contribution in [0.2, 0.25) is 5.02 Å². The summed E-state index contributed by atoms with van der Waals surface area (Å²) >= 11 is 5.55. The predicted octanol–water partition coefficient (Wildman–Crippen LogP) is 0.123. The van der Waals surface area contributed by atoms with Crippen LogP contribution in [-0.2, 0) is 4.79 Å². The summed E-state index contributed by atoms with van der Waals surface area (Å²) in [4.78, 5) is 10.2. The normalized spacial score (nSPS) is 12.5. The molecule has 0 amide bonds. The first kappa shape index (κ1) is 9.03. The maximum Gasteiger partial charge on any atom is 0.118 e. The molecule has 1 aromatic carbocycles. The van der Waals surface area contributed by atoms with Crippen LogP contribution in [0.15, 0.2) is 24.3 Å². The van der Waals surface area contributed by atoms with E-state index < -0.39 is 12.1 Å². The van der Waals surface area contributed by atoms with Gasteiger partial charge in [-0.3, -0.25) is 0 Å². The largest absolute Gasteiger partial charge is 0.547 e. The highest BCUT2D eigenvalue weighted by Crippen LogP contribution is 2.15. The van der Waals surface area contributed by atoms with E-state index in [0.717, 1.165) is 0 Å². The van der Waals surface area contributed by atoms with Crippen LogP contribution in [0.5, 0.6) is 0 Å². The summed E-state index contributed by atoms with van der Waals surface area (Å²) in [6.45, 7) is 0. The molecular formula is C8H6ClO3-. The third-order valence-electron chi connectivity index (χ3n) is 1.41. The van der Waals surface area contributed by atoms with Crippen LogP contribution in [0, 0.1) is 0 Å². The molecule has 1 N–H and O–H groups in total. The minimum atomic E-state index is -1.58. The molecule has 1 atom stereocenters. The Morgan fingerprint density at radius 2 is 1.92 bits per heavy atom. The van der Waals surface area contributed by atoms with Gasteiger partial charge in [-0.2, -0.15) is 0 Å². The number of benzene rings is 1. The summed E-state index contributed by atoms with van der Waals surface area (Å²) in [6, 6.07) is 5.87. The Balaban J connectivity index is 2.89. The number of carboxylic acid groups (broad SMARTS) is 1. The fraction of sp³-hybridized carbons (Fsp3) is 0.125. The lowest BCUT2D eigenvalue weighted by Gasteiger charge is -2.10. The first-order valence-electron chi connectivity index (χ1n) is 3.25. The summed E-state index contributed by atoms with van der Waals surface area (Å²) < 4.78 is 0. The second kappa shape index (κ2) is 3.56. The zero-order valence-electron chi connectivity index (χ0n) is 6.03. The number of hydrogen-bond acceptors (Lipinski definition) is 3. The summed E-state index contributed by atoms with van der Waals surface area (Å²) in [5, 5.41) is 19.7. The van der Waals surface area contributed by atoms with Gasteiger partial charge >= 0.3 is 0 Å². The topological polar surface area (TPSA) is 60.4 Å². The molecule has 0 radical (unpaired) electrons. The Labute approximate surface area is 74.2 Å². The van der Waals surface area contributed by atoms with Crippen LogP contribution in [0.25, 0.3) is 0 Å². The highest BCUT2D eigenvalue weighted by atomic mass is 35.5. The molecule has 0 aliphatic rings. The molecule has 0 unspecified atom stereocenters. The summed E-state index contributed by atoms with van der Waals surface area (Å²) in [7, 11) is 0. The first-order valence-corrected chi connectivity index (χ1v) is 3.63. The van der Waals surface area contributed by atoms with E-state index in [0.29, 0.717) is 5.02 Å². The van der Waals surface area contributed by atoms with Crippen molar-refractivity contribution in [1.29, 1.82) is 0 Å². The van der Waals surface area contributed by atoms with Gasteiger partial charge in [0.05, 0.1) is 5.97 Å². The van der Waals surface area contributed by atoms with Crippen molar-refractivity contribution in [3.63, 3.8) is 0 Å². The number of carbonyl (C=O) groups is 1. The van der Waals surface area contributed by atoms with E-state index in [1.165, 1.54) is 24.3 Å². The molecule has 0 aliphatic heterocycles. The van der Waals surface area contributed by atoms with Gasteiger partial charge in [0.2, 0.25) is 0 Å². The summed E-state index contributed by atoms with van der Waals surface area (Å²) in [5.74, 6) is -1.52. The fourth-order valence-electron chi connectivity index (χ4n) is 0.781. The van der Waals surface area contributed by atoms with Gasteiger partial charge in [-0.05, 0) is 17.7 Å². The van der Waals surface area contributed by atoms with Crippen molar-refractivity contribution in [2.45, 2.75) is 6.10 Å². The molecule has 1 rings (SSSR count). The van der Waals surface area contributed by atoms with Crippen LogP contribution < -0.4 is 5.11 Å². The Morgan fingerprint density at radius 1 is 1.42 bits per heavy atom. The second-order valence-corrected chi connectivity index (χ2v) is 2.71. The predicted molar refractivity (Wildman–Crippen MR) is 41.4 cm³/mol. The molecule has 0 aromatic heterocycles. The number of hydrogen-bond donors (Lipinski definition) is 1. The molecule has 0 heterocycles. The number of aliphatic hydroxyl groups excluding tert-OH is 1. The molecule has 3 nitrogen and oxygen atoms in total. The molecular weight excluding hydrogens is 180 g/mol. The van der Waals surface area contributed by atoms with Crippen LogP contribution in [0.3, 0.4) is 0 Å². The van der Waals surface area contributed by atoms with Gasteiger partial charge in [-0.15, -0.1) is 0 Å². The zero-order valence-corrected chi connectivity index (χ0v) is 6.78. The standard InChI is InChI=1S/C8H7ClO3/c9-6-3-1-5(2-4-6)7(10)8(11)12/h1-4,7,10H,(H,11,12)/p-1/t7-/m0/s1. The third kappa shape index (κ3) is 1.96. The van der Waals surface area contributed by atoms with Crippen LogP contribution in [0.4, 0.5) is 0 Å². The zero-order chi connectivity index (χ0) is 9.14. The lowest BCUT2D eigenvalue weighted by atomic mass is 10.1. The fourth-order valence-corrected chi connectivity index (χ4v) is 0.907. The number of carbonyl (C=O) groups excluding carboxylic acids is 1. The smallest absolute Gasteiger partial charge is 0.118 e.